The van der Waals surface area contributed by atoms with Crippen LogP contribution in [0.5, 0.6) is 0 Å². The average molecular weight is 440 g/mol. The molecule has 162 valence electrons. The molecule has 0 unspecified atom stereocenters. The van der Waals surface area contributed by atoms with Crippen molar-refractivity contribution < 1.29 is 9.32 Å². The van der Waals surface area contributed by atoms with Crippen molar-refractivity contribution in [2.45, 2.75) is 17.7 Å². The van der Waals surface area contributed by atoms with Gasteiger partial charge in [-0.05, 0) is 25.1 Å². The number of carbonyl (C=O) groups excluding carboxylic acids is 1. The number of rotatable bonds is 8. The van der Waals surface area contributed by atoms with Crippen LogP contribution in [0.4, 0.5) is 5.95 Å². The Labute approximate surface area is 185 Å². The van der Waals surface area contributed by atoms with Crippen molar-refractivity contribution in [1.29, 1.82) is 0 Å². The van der Waals surface area contributed by atoms with E-state index in [0.29, 0.717) is 22.9 Å². The van der Waals surface area contributed by atoms with Crippen molar-refractivity contribution in [2.24, 2.45) is 0 Å². The van der Waals surface area contributed by atoms with Crippen molar-refractivity contribution in [3.8, 4) is 0 Å². The van der Waals surface area contributed by atoms with Gasteiger partial charge in [0.05, 0.1) is 11.3 Å². The molecule has 0 aliphatic carbocycles. The lowest BCUT2D eigenvalue weighted by Gasteiger charge is -2.34. The third-order valence-corrected chi connectivity index (χ3v) is 6.01. The molecule has 1 amide bonds. The zero-order valence-corrected chi connectivity index (χ0v) is 18.2. The normalized spacial score (nSPS) is 14.5. The molecule has 0 atom stereocenters. The summed E-state index contributed by atoms with van der Waals surface area (Å²) in [6, 6.07) is 7.30. The predicted octanol–water partition coefficient (Wildman–Crippen LogP) is 2.01. The van der Waals surface area contributed by atoms with Crippen LogP contribution in [-0.2, 0) is 5.75 Å². The molecule has 0 radical (unpaired) electrons. The highest BCUT2D eigenvalue weighted by Gasteiger charge is 2.19. The zero-order valence-electron chi connectivity index (χ0n) is 17.4. The van der Waals surface area contributed by atoms with Gasteiger partial charge in [-0.1, -0.05) is 16.9 Å². The minimum absolute atomic E-state index is 0.108. The van der Waals surface area contributed by atoms with Gasteiger partial charge in [-0.3, -0.25) is 9.69 Å². The summed E-state index contributed by atoms with van der Waals surface area (Å²) in [5, 5.41) is 7.71. The summed E-state index contributed by atoms with van der Waals surface area (Å²) in [5.41, 5.74) is 1.42. The quantitative estimate of drug-likeness (QED) is 0.528. The lowest BCUT2D eigenvalue weighted by Crippen LogP contribution is -2.49. The lowest BCUT2D eigenvalue weighted by atomic mass is 10.2. The molecule has 0 aromatic carbocycles. The minimum Gasteiger partial charge on any atom is -0.361 e. The molecular formula is C21H25N7O2S. The molecule has 1 aliphatic rings. The van der Waals surface area contributed by atoms with Crippen LogP contribution in [0.2, 0.25) is 0 Å². The molecular weight excluding hydrogens is 414 g/mol. The first-order valence-corrected chi connectivity index (χ1v) is 11.2. The fourth-order valence-electron chi connectivity index (χ4n) is 3.36. The van der Waals surface area contributed by atoms with E-state index in [1.54, 1.807) is 30.7 Å². The summed E-state index contributed by atoms with van der Waals surface area (Å²) < 4.78 is 5.10. The highest BCUT2D eigenvalue weighted by atomic mass is 32.2. The van der Waals surface area contributed by atoms with E-state index in [-0.39, 0.29) is 5.91 Å². The van der Waals surface area contributed by atoms with Crippen LogP contribution in [0.1, 0.15) is 21.8 Å². The van der Waals surface area contributed by atoms with Crippen molar-refractivity contribution in [3.63, 3.8) is 0 Å². The van der Waals surface area contributed by atoms with Gasteiger partial charge < -0.3 is 14.7 Å². The molecule has 3 aromatic heterocycles. The number of nitrogens with zero attached hydrogens (tertiary/aromatic N) is 6. The molecule has 31 heavy (non-hydrogen) atoms. The Morgan fingerprint density at radius 2 is 1.90 bits per heavy atom. The molecule has 1 N–H and O–H groups in total. The second-order valence-electron chi connectivity index (χ2n) is 7.21. The molecule has 0 bridgehead atoms. The largest absolute Gasteiger partial charge is 0.361 e. The Bertz CT molecular complexity index is 990. The highest BCUT2D eigenvalue weighted by Crippen LogP contribution is 2.24. The van der Waals surface area contributed by atoms with E-state index in [4.69, 9.17) is 4.52 Å². The SMILES string of the molecule is Cc1cc(CSc2ncccc2C(=O)NCCN2CCN(c3ncccn3)CC2)no1. The Balaban J connectivity index is 1.23. The molecule has 1 aliphatic heterocycles. The maximum absolute atomic E-state index is 12.7. The van der Waals surface area contributed by atoms with Gasteiger partial charge in [0.15, 0.2) is 0 Å². The monoisotopic (exact) mass is 439 g/mol. The first-order valence-electron chi connectivity index (χ1n) is 10.2. The number of nitrogens with one attached hydrogen (secondary N) is 1. The summed E-state index contributed by atoms with van der Waals surface area (Å²) in [6.45, 7) is 6.83. The van der Waals surface area contributed by atoms with E-state index in [9.17, 15) is 4.79 Å². The number of hydrogen-bond acceptors (Lipinski definition) is 9. The summed E-state index contributed by atoms with van der Waals surface area (Å²) >= 11 is 1.48. The summed E-state index contributed by atoms with van der Waals surface area (Å²) in [5.74, 6) is 2.04. The topological polar surface area (TPSA) is 100 Å². The van der Waals surface area contributed by atoms with Gasteiger partial charge in [-0.25, -0.2) is 15.0 Å². The second-order valence-corrected chi connectivity index (χ2v) is 8.17. The smallest absolute Gasteiger partial charge is 0.254 e. The maximum Gasteiger partial charge on any atom is 0.254 e. The number of amides is 1. The first kappa shape index (κ1) is 21.3. The summed E-state index contributed by atoms with van der Waals surface area (Å²) in [7, 11) is 0. The van der Waals surface area contributed by atoms with Crippen LogP contribution in [0.3, 0.4) is 0 Å². The van der Waals surface area contributed by atoms with E-state index >= 15 is 0 Å². The van der Waals surface area contributed by atoms with Crippen LogP contribution >= 0.6 is 11.8 Å². The van der Waals surface area contributed by atoms with Crippen molar-refractivity contribution in [3.05, 3.63) is 59.9 Å². The third kappa shape index (κ3) is 5.80. The van der Waals surface area contributed by atoms with Crippen molar-refractivity contribution in [2.75, 3.05) is 44.2 Å². The molecule has 0 spiro atoms. The van der Waals surface area contributed by atoms with Gasteiger partial charge in [0.25, 0.3) is 5.91 Å². The molecule has 9 nitrogen and oxygen atoms in total. The number of carbonyl (C=O) groups is 1. The van der Waals surface area contributed by atoms with Gasteiger partial charge >= 0.3 is 0 Å². The second kappa shape index (κ2) is 10.4. The molecule has 1 saturated heterocycles. The number of aromatic nitrogens is 4. The summed E-state index contributed by atoms with van der Waals surface area (Å²) in [6.07, 6.45) is 5.23. The maximum atomic E-state index is 12.7. The molecule has 4 rings (SSSR count). The number of anilines is 1. The van der Waals surface area contributed by atoms with Crippen LogP contribution in [0.25, 0.3) is 0 Å². The van der Waals surface area contributed by atoms with E-state index in [0.717, 1.165) is 50.1 Å². The van der Waals surface area contributed by atoms with E-state index in [2.05, 4.69) is 35.2 Å². The highest BCUT2D eigenvalue weighted by molar-refractivity contribution is 7.98. The Morgan fingerprint density at radius 3 is 2.65 bits per heavy atom. The fraction of sp³-hybridized carbons (Fsp3) is 0.381. The van der Waals surface area contributed by atoms with Crippen LogP contribution in [0.15, 0.2) is 52.4 Å². The number of piperazine rings is 1. The van der Waals surface area contributed by atoms with Gasteiger partial charge in [0.1, 0.15) is 10.8 Å². The van der Waals surface area contributed by atoms with Gasteiger partial charge in [0.2, 0.25) is 5.95 Å². The molecule has 10 heteroatoms. The van der Waals surface area contributed by atoms with Gasteiger partial charge in [-0.15, -0.1) is 0 Å². The summed E-state index contributed by atoms with van der Waals surface area (Å²) in [4.78, 5) is 30.2. The molecule has 1 fully saturated rings. The Hall–Kier alpha value is -2.98. The Morgan fingerprint density at radius 1 is 1.13 bits per heavy atom. The number of thioether (sulfide) groups is 1. The molecule has 3 aromatic rings. The van der Waals surface area contributed by atoms with Crippen molar-refractivity contribution >= 4 is 23.6 Å². The molecule has 4 heterocycles. The first-order chi connectivity index (χ1) is 15.2. The van der Waals surface area contributed by atoms with Gasteiger partial charge in [0, 0.05) is 69.7 Å². The minimum atomic E-state index is -0.108. The van der Waals surface area contributed by atoms with Crippen LogP contribution in [0, 0.1) is 6.92 Å². The number of hydrogen-bond donors (Lipinski definition) is 1. The van der Waals surface area contributed by atoms with E-state index in [1.165, 1.54) is 11.8 Å². The molecule has 0 saturated carbocycles. The van der Waals surface area contributed by atoms with E-state index < -0.39 is 0 Å². The predicted molar refractivity (Wildman–Crippen MR) is 118 cm³/mol. The zero-order chi connectivity index (χ0) is 21.5. The number of aryl methyl sites for hydroxylation is 1. The van der Waals surface area contributed by atoms with Crippen LogP contribution < -0.4 is 10.2 Å². The third-order valence-electron chi connectivity index (χ3n) is 4.97. The average Bonchev–Trinajstić information content (AvgIpc) is 3.24. The fourth-order valence-corrected chi connectivity index (χ4v) is 4.23. The van der Waals surface area contributed by atoms with Crippen LogP contribution in [-0.4, -0.2) is 70.2 Å². The number of pyridine rings is 1. The standard InChI is InChI=1S/C21H25N7O2S/c1-16-14-17(26-30-16)15-31-20-18(4-2-5-23-20)19(29)22-8-9-27-10-12-28(13-11-27)21-24-6-3-7-25-21/h2-7,14H,8-13,15H2,1H3,(H,22,29). The van der Waals surface area contributed by atoms with Crippen molar-refractivity contribution in [1.82, 2.24) is 30.3 Å². The van der Waals surface area contributed by atoms with Gasteiger partial charge in [-0.2, -0.15) is 0 Å². The van der Waals surface area contributed by atoms with E-state index in [1.807, 2.05) is 19.1 Å². The lowest BCUT2D eigenvalue weighted by molar-refractivity contribution is 0.0944. The Kier molecular flexibility index (Phi) is 7.11.